The van der Waals surface area contributed by atoms with Crippen molar-refractivity contribution in [2.24, 2.45) is 0 Å². The lowest BCUT2D eigenvalue weighted by atomic mass is 10.1. The number of hydrogen-bond donors (Lipinski definition) is 0. The van der Waals surface area contributed by atoms with Gasteiger partial charge >= 0.3 is 0 Å². The van der Waals surface area contributed by atoms with Crippen LogP contribution in [-0.4, -0.2) is 26.5 Å². The predicted molar refractivity (Wildman–Crippen MR) is 81.6 cm³/mol. The zero-order chi connectivity index (χ0) is 15.2. The number of nitrogens with zero attached hydrogens (tertiary/aromatic N) is 1. The van der Waals surface area contributed by atoms with Crippen LogP contribution in [0.5, 0.6) is 5.75 Å². The molecule has 0 atom stereocenters. The quantitative estimate of drug-likeness (QED) is 0.761. The van der Waals surface area contributed by atoms with Gasteiger partial charge in [0.2, 0.25) is 0 Å². The van der Waals surface area contributed by atoms with E-state index in [9.17, 15) is 9.18 Å². The molecule has 0 heterocycles. The Hall–Kier alpha value is -2.36. The van der Waals surface area contributed by atoms with Crippen LogP contribution in [0.25, 0.3) is 0 Å². The van der Waals surface area contributed by atoms with Gasteiger partial charge in [-0.05, 0) is 48.5 Å². The number of rotatable bonds is 6. The van der Waals surface area contributed by atoms with Gasteiger partial charge < -0.3 is 9.64 Å². The van der Waals surface area contributed by atoms with Gasteiger partial charge in [0.1, 0.15) is 11.6 Å². The second-order valence-electron chi connectivity index (χ2n) is 4.80. The van der Waals surface area contributed by atoms with Gasteiger partial charge in [0.25, 0.3) is 0 Å². The zero-order valence-corrected chi connectivity index (χ0v) is 12.2. The second-order valence-corrected chi connectivity index (χ2v) is 4.80. The number of ketones is 1. The third-order valence-electron chi connectivity index (χ3n) is 3.35. The summed E-state index contributed by atoms with van der Waals surface area (Å²) in [6.45, 7) is 0.600. The molecule has 0 radical (unpaired) electrons. The summed E-state index contributed by atoms with van der Waals surface area (Å²) >= 11 is 0. The maximum absolute atomic E-state index is 12.8. The number of hydrogen-bond acceptors (Lipinski definition) is 3. The fourth-order valence-electron chi connectivity index (χ4n) is 2.02. The first-order chi connectivity index (χ1) is 10.1. The largest absolute Gasteiger partial charge is 0.497 e. The normalized spacial score (nSPS) is 10.2. The van der Waals surface area contributed by atoms with E-state index >= 15 is 0 Å². The molecule has 2 aromatic carbocycles. The fraction of sp³-hybridized carbons (Fsp3) is 0.235. The van der Waals surface area contributed by atoms with Crippen molar-refractivity contribution >= 4 is 11.5 Å². The Bertz CT molecular complexity index is 593. The molecule has 21 heavy (non-hydrogen) atoms. The molecule has 0 saturated carbocycles. The fourth-order valence-corrected chi connectivity index (χ4v) is 2.02. The van der Waals surface area contributed by atoms with Crippen LogP contribution in [0.4, 0.5) is 10.1 Å². The molecule has 0 saturated heterocycles. The summed E-state index contributed by atoms with van der Waals surface area (Å²) in [7, 11) is 3.56. The standard InChI is InChI=1S/C17H18FNO2/c1-19(15-7-9-16(21-2)10-8-15)12-11-17(20)13-3-5-14(18)6-4-13/h3-10H,11-12H2,1-2H3. The van der Waals surface area contributed by atoms with Crippen LogP contribution in [0.15, 0.2) is 48.5 Å². The van der Waals surface area contributed by atoms with Crippen molar-refractivity contribution in [3.05, 3.63) is 59.9 Å². The first kappa shape index (κ1) is 15.0. The van der Waals surface area contributed by atoms with E-state index in [0.717, 1.165) is 11.4 Å². The van der Waals surface area contributed by atoms with E-state index in [1.807, 2.05) is 36.2 Å². The zero-order valence-electron chi connectivity index (χ0n) is 12.2. The summed E-state index contributed by atoms with van der Waals surface area (Å²) in [5, 5.41) is 0. The third-order valence-corrected chi connectivity index (χ3v) is 3.35. The summed E-state index contributed by atoms with van der Waals surface area (Å²) < 4.78 is 17.9. The van der Waals surface area contributed by atoms with E-state index in [0.29, 0.717) is 18.5 Å². The van der Waals surface area contributed by atoms with E-state index in [2.05, 4.69) is 0 Å². The van der Waals surface area contributed by atoms with E-state index < -0.39 is 0 Å². The van der Waals surface area contributed by atoms with Crippen molar-refractivity contribution in [2.75, 3.05) is 25.6 Å². The molecule has 4 heteroatoms. The Morgan fingerprint density at radius 1 is 1.10 bits per heavy atom. The van der Waals surface area contributed by atoms with Gasteiger partial charge in [-0.25, -0.2) is 4.39 Å². The molecule has 0 aliphatic heterocycles. The number of benzene rings is 2. The van der Waals surface area contributed by atoms with Gasteiger partial charge in [0.05, 0.1) is 7.11 Å². The summed E-state index contributed by atoms with van der Waals surface area (Å²) in [5.74, 6) is 0.479. The van der Waals surface area contributed by atoms with Crippen molar-refractivity contribution in [3.8, 4) is 5.75 Å². The molecule has 110 valence electrons. The van der Waals surface area contributed by atoms with Crippen molar-refractivity contribution in [3.63, 3.8) is 0 Å². The number of methoxy groups -OCH3 is 1. The molecule has 3 nitrogen and oxygen atoms in total. The Morgan fingerprint density at radius 2 is 1.71 bits per heavy atom. The molecule has 0 spiro atoms. The topological polar surface area (TPSA) is 29.5 Å². The second kappa shape index (κ2) is 6.88. The summed E-state index contributed by atoms with van der Waals surface area (Å²) in [4.78, 5) is 14.0. The lowest BCUT2D eigenvalue weighted by molar-refractivity contribution is 0.0985. The first-order valence-electron chi connectivity index (χ1n) is 6.74. The monoisotopic (exact) mass is 287 g/mol. The highest BCUT2D eigenvalue weighted by atomic mass is 19.1. The van der Waals surface area contributed by atoms with Gasteiger partial charge in [0, 0.05) is 31.3 Å². The Balaban J connectivity index is 1.92. The molecule has 0 N–H and O–H groups in total. The molecule has 2 aromatic rings. The van der Waals surface area contributed by atoms with Gasteiger partial charge in [0.15, 0.2) is 5.78 Å². The van der Waals surface area contributed by atoms with Crippen LogP contribution >= 0.6 is 0 Å². The van der Waals surface area contributed by atoms with Crippen molar-refractivity contribution in [2.45, 2.75) is 6.42 Å². The van der Waals surface area contributed by atoms with Crippen molar-refractivity contribution < 1.29 is 13.9 Å². The first-order valence-corrected chi connectivity index (χ1v) is 6.74. The van der Waals surface area contributed by atoms with Crippen LogP contribution in [0.1, 0.15) is 16.8 Å². The van der Waals surface area contributed by atoms with E-state index in [-0.39, 0.29) is 11.6 Å². The summed E-state index contributed by atoms with van der Waals surface area (Å²) in [6.07, 6.45) is 0.383. The third kappa shape index (κ3) is 4.05. The molecule has 0 aliphatic rings. The molecule has 2 rings (SSSR count). The van der Waals surface area contributed by atoms with Crippen LogP contribution in [0.3, 0.4) is 0 Å². The minimum absolute atomic E-state index is 0.00959. The highest BCUT2D eigenvalue weighted by Gasteiger charge is 2.08. The SMILES string of the molecule is COc1ccc(N(C)CCC(=O)c2ccc(F)cc2)cc1. The predicted octanol–water partition coefficient (Wildman–Crippen LogP) is 3.54. The smallest absolute Gasteiger partial charge is 0.164 e. The van der Waals surface area contributed by atoms with E-state index in [4.69, 9.17) is 4.74 Å². The molecule has 0 bridgehead atoms. The average Bonchev–Trinajstić information content (AvgIpc) is 2.53. The molecule has 0 unspecified atom stereocenters. The Morgan fingerprint density at radius 3 is 2.29 bits per heavy atom. The maximum Gasteiger partial charge on any atom is 0.164 e. The highest BCUT2D eigenvalue weighted by molar-refractivity contribution is 5.96. The van der Waals surface area contributed by atoms with Crippen LogP contribution < -0.4 is 9.64 Å². The Labute approximate surface area is 124 Å². The molecular formula is C17H18FNO2. The molecule has 0 aromatic heterocycles. The number of halogens is 1. The lowest BCUT2D eigenvalue weighted by Gasteiger charge is -2.19. The van der Waals surface area contributed by atoms with Crippen molar-refractivity contribution in [1.82, 2.24) is 0 Å². The molecule has 0 fully saturated rings. The van der Waals surface area contributed by atoms with Gasteiger partial charge in [-0.15, -0.1) is 0 Å². The number of Topliss-reactive ketones (excluding diaryl/α,β-unsaturated/α-hetero) is 1. The average molecular weight is 287 g/mol. The number of carbonyl (C=O) groups is 1. The maximum atomic E-state index is 12.8. The van der Waals surface area contributed by atoms with Gasteiger partial charge in [-0.2, -0.15) is 0 Å². The summed E-state index contributed by atoms with van der Waals surface area (Å²) in [6, 6.07) is 13.3. The van der Waals surface area contributed by atoms with Gasteiger partial charge in [-0.1, -0.05) is 0 Å². The lowest BCUT2D eigenvalue weighted by Crippen LogP contribution is -2.21. The molecular weight excluding hydrogens is 269 g/mol. The minimum atomic E-state index is -0.332. The van der Waals surface area contributed by atoms with Crippen LogP contribution in [0.2, 0.25) is 0 Å². The molecule has 0 amide bonds. The van der Waals surface area contributed by atoms with Crippen LogP contribution in [0, 0.1) is 5.82 Å². The summed E-state index contributed by atoms with van der Waals surface area (Å²) in [5.41, 5.74) is 1.56. The van der Waals surface area contributed by atoms with Crippen LogP contribution in [-0.2, 0) is 0 Å². The van der Waals surface area contributed by atoms with Gasteiger partial charge in [-0.3, -0.25) is 4.79 Å². The molecule has 0 aliphatic carbocycles. The van der Waals surface area contributed by atoms with E-state index in [1.54, 1.807) is 7.11 Å². The van der Waals surface area contributed by atoms with E-state index in [1.165, 1.54) is 24.3 Å². The minimum Gasteiger partial charge on any atom is -0.497 e. The number of anilines is 1. The van der Waals surface area contributed by atoms with Crippen molar-refractivity contribution in [1.29, 1.82) is 0 Å². The highest BCUT2D eigenvalue weighted by Crippen LogP contribution is 2.18. The number of carbonyl (C=O) groups excluding carboxylic acids is 1. The Kier molecular flexibility index (Phi) is 4.93. The number of ether oxygens (including phenoxy) is 1.